The molecule has 2 N–H and O–H groups in total. The fourth-order valence-corrected chi connectivity index (χ4v) is 2.32. The van der Waals surface area contributed by atoms with Crippen LogP contribution in [0.1, 0.15) is 5.56 Å². The lowest BCUT2D eigenvalue weighted by Gasteiger charge is -2.10. The summed E-state index contributed by atoms with van der Waals surface area (Å²) in [5, 5.41) is 6.09. The maximum atomic E-state index is 12.0. The molecule has 0 aliphatic rings. The molecule has 0 fully saturated rings. The quantitative estimate of drug-likeness (QED) is 0.750. The summed E-state index contributed by atoms with van der Waals surface area (Å²) in [5.74, 6) is 0.664. The van der Waals surface area contributed by atoms with Gasteiger partial charge in [0, 0.05) is 29.0 Å². The minimum atomic E-state index is -0.318. The Hall–Kier alpha value is -2.79. The van der Waals surface area contributed by atoms with Crippen LogP contribution < -0.4 is 10.6 Å². The molecule has 23 heavy (non-hydrogen) atoms. The smallest absolute Gasteiger partial charge is 0.319 e. The first kappa shape index (κ1) is 15.1. The van der Waals surface area contributed by atoms with E-state index in [9.17, 15) is 4.79 Å². The lowest BCUT2D eigenvalue weighted by molar-refractivity contribution is 0.251. The Kier molecular flexibility index (Phi) is 4.59. The third-order valence-electron chi connectivity index (χ3n) is 3.17. The first-order valence-electron chi connectivity index (χ1n) is 7.00. The van der Waals surface area contributed by atoms with E-state index >= 15 is 0 Å². The van der Waals surface area contributed by atoms with Crippen molar-refractivity contribution in [1.29, 1.82) is 0 Å². The molecule has 0 spiro atoms. The Labute approximate surface area is 138 Å². The third-order valence-corrected chi connectivity index (χ3v) is 3.40. The molecule has 3 rings (SSSR count). The van der Waals surface area contributed by atoms with E-state index in [4.69, 9.17) is 16.0 Å². The Bertz CT molecular complexity index is 803. The summed E-state index contributed by atoms with van der Waals surface area (Å²) in [6.07, 6.45) is 3.28. The van der Waals surface area contributed by atoms with Crippen molar-refractivity contribution in [3.8, 4) is 11.5 Å². The first-order chi connectivity index (χ1) is 11.2. The van der Waals surface area contributed by atoms with E-state index in [1.165, 1.54) is 0 Å². The molecule has 2 heterocycles. The van der Waals surface area contributed by atoms with Crippen LogP contribution in [0.2, 0.25) is 5.02 Å². The number of furan rings is 1. The van der Waals surface area contributed by atoms with Crippen LogP contribution >= 0.6 is 11.6 Å². The zero-order chi connectivity index (χ0) is 16.1. The predicted octanol–water partition coefficient (Wildman–Crippen LogP) is 4.32. The van der Waals surface area contributed by atoms with Crippen LogP contribution in [0.5, 0.6) is 0 Å². The fraction of sp³-hybridized carbons (Fsp3) is 0.0588. The maximum absolute atomic E-state index is 12.0. The molecule has 0 radical (unpaired) electrons. The average Bonchev–Trinajstić information content (AvgIpc) is 3.07. The largest absolute Gasteiger partial charge is 0.463 e. The van der Waals surface area contributed by atoms with E-state index in [-0.39, 0.29) is 6.03 Å². The van der Waals surface area contributed by atoms with Crippen LogP contribution in [0.4, 0.5) is 10.5 Å². The van der Waals surface area contributed by atoms with Gasteiger partial charge in [0.05, 0.1) is 6.26 Å². The van der Waals surface area contributed by atoms with Crippen LogP contribution in [0, 0.1) is 0 Å². The summed E-state index contributed by atoms with van der Waals surface area (Å²) in [4.78, 5) is 16.3. The van der Waals surface area contributed by atoms with Gasteiger partial charge in [-0.3, -0.25) is 4.98 Å². The topological polar surface area (TPSA) is 67.2 Å². The number of nitrogens with one attached hydrogen (secondary N) is 2. The number of benzene rings is 1. The zero-order valence-corrected chi connectivity index (χ0v) is 12.9. The molecule has 0 aliphatic carbocycles. The predicted molar refractivity (Wildman–Crippen MR) is 89.2 cm³/mol. The van der Waals surface area contributed by atoms with Crippen molar-refractivity contribution in [2.45, 2.75) is 6.54 Å². The lowest BCUT2D eigenvalue weighted by Crippen LogP contribution is -2.28. The summed E-state index contributed by atoms with van der Waals surface area (Å²) in [5.41, 5.74) is 2.21. The van der Waals surface area contributed by atoms with Crippen LogP contribution in [0.15, 0.2) is 65.4 Å². The number of nitrogens with zero attached hydrogens (tertiary/aromatic N) is 1. The SMILES string of the molecule is O=C(NCc1cccnc1-c1ccco1)Nc1cccc(Cl)c1. The van der Waals surface area contributed by atoms with E-state index in [1.807, 2.05) is 18.2 Å². The third kappa shape index (κ3) is 3.90. The highest BCUT2D eigenvalue weighted by molar-refractivity contribution is 6.30. The monoisotopic (exact) mass is 327 g/mol. The van der Waals surface area contributed by atoms with Gasteiger partial charge in [-0.05, 0) is 36.4 Å². The van der Waals surface area contributed by atoms with E-state index in [0.29, 0.717) is 28.7 Å². The number of pyridine rings is 1. The second-order valence-corrected chi connectivity index (χ2v) is 5.24. The molecule has 2 amide bonds. The van der Waals surface area contributed by atoms with Gasteiger partial charge in [0.2, 0.25) is 0 Å². The number of rotatable bonds is 4. The summed E-state index contributed by atoms with van der Waals surface area (Å²) >= 11 is 5.89. The molecule has 0 aliphatic heterocycles. The van der Waals surface area contributed by atoms with E-state index in [1.54, 1.807) is 42.8 Å². The second-order valence-electron chi connectivity index (χ2n) is 4.81. The Morgan fingerprint density at radius 1 is 1.17 bits per heavy atom. The number of carbonyl (C=O) groups is 1. The molecule has 0 saturated carbocycles. The molecule has 3 aromatic rings. The second kappa shape index (κ2) is 6.98. The van der Waals surface area contributed by atoms with Gasteiger partial charge in [-0.25, -0.2) is 4.79 Å². The molecule has 116 valence electrons. The molecular formula is C17H14ClN3O2. The summed E-state index contributed by atoms with van der Waals surface area (Å²) in [6.45, 7) is 0.330. The molecule has 1 aromatic carbocycles. The standard InChI is InChI=1S/C17H14ClN3O2/c18-13-5-1-6-14(10-13)21-17(22)20-11-12-4-2-8-19-16(12)15-7-3-9-23-15/h1-10H,11H2,(H2,20,21,22). The molecular weight excluding hydrogens is 314 g/mol. The zero-order valence-electron chi connectivity index (χ0n) is 12.1. The number of hydrogen-bond donors (Lipinski definition) is 2. The van der Waals surface area contributed by atoms with Crippen molar-refractivity contribution >= 4 is 23.3 Å². The van der Waals surface area contributed by atoms with Gasteiger partial charge in [-0.1, -0.05) is 23.7 Å². The molecule has 0 unspecified atom stereocenters. The number of hydrogen-bond acceptors (Lipinski definition) is 3. The Morgan fingerprint density at radius 3 is 2.87 bits per heavy atom. The van der Waals surface area contributed by atoms with Gasteiger partial charge >= 0.3 is 6.03 Å². The normalized spacial score (nSPS) is 10.3. The van der Waals surface area contributed by atoms with Crippen LogP contribution in [-0.2, 0) is 6.54 Å². The lowest BCUT2D eigenvalue weighted by atomic mass is 10.1. The van der Waals surface area contributed by atoms with E-state index < -0.39 is 0 Å². The van der Waals surface area contributed by atoms with Crippen molar-refractivity contribution in [1.82, 2.24) is 10.3 Å². The van der Waals surface area contributed by atoms with Crippen molar-refractivity contribution in [2.24, 2.45) is 0 Å². The Morgan fingerprint density at radius 2 is 2.09 bits per heavy atom. The molecule has 2 aromatic heterocycles. The summed E-state index contributed by atoms with van der Waals surface area (Å²) in [6, 6.07) is 14.0. The van der Waals surface area contributed by atoms with Gasteiger partial charge in [-0.15, -0.1) is 0 Å². The average molecular weight is 328 g/mol. The van der Waals surface area contributed by atoms with Crippen LogP contribution in [-0.4, -0.2) is 11.0 Å². The van der Waals surface area contributed by atoms with Gasteiger partial charge in [0.25, 0.3) is 0 Å². The molecule has 0 saturated heterocycles. The first-order valence-corrected chi connectivity index (χ1v) is 7.38. The highest BCUT2D eigenvalue weighted by Crippen LogP contribution is 2.21. The summed E-state index contributed by atoms with van der Waals surface area (Å²) < 4.78 is 5.37. The number of amides is 2. The van der Waals surface area contributed by atoms with Crippen molar-refractivity contribution in [3.05, 3.63) is 71.6 Å². The highest BCUT2D eigenvalue weighted by Gasteiger charge is 2.10. The molecule has 0 bridgehead atoms. The van der Waals surface area contributed by atoms with Crippen LogP contribution in [0.3, 0.4) is 0 Å². The molecule has 5 nitrogen and oxygen atoms in total. The highest BCUT2D eigenvalue weighted by atomic mass is 35.5. The fourth-order valence-electron chi connectivity index (χ4n) is 2.13. The van der Waals surface area contributed by atoms with Crippen molar-refractivity contribution in [3.63, 3.8) is 0 Å². The van der Waals surface area contributed by atoms with Crippen LogP contribution in [0.25, 0.3) is 11.5 Å². The minimum Gasteiger partial charge on any atom is -0.463 e. The van der Waals surface area contributed by atoms with Gasteiger partial charge < -0.3 is 15.1 Å². The minimum absolute atomic E-state index is 0.318. The number of urea groups is 1. The number of anilines is 1. The van der Waals surface area contributed by atoms with Gasteiger partial charge in [0.15, 0.2) is 5.76 Å². The van der Waals surface area contributed by atoms with Crippen molar-refractivity contribution < 1.29 is 9.21 Å². The summed E-state index contributed by atoms with van der Waals surface area (Å²) in [7, 11) is 0. The maximum Gasteiger partial charge on any atom is 0.319 e. The number of aromatic nitrogens is 1. The number of halogens is 1. The number of carbonyl (C=O) groups excluding carboxylic acids is 1. The van der Waals surface area contributed by atoms with Crippen molar-refractivity contribution in [2.75, 3.05) is 5.32 Å². The molecule has 0 atom stereocenters. The van der Waals surface area contributed by atoms with E-state index in [0.717, 1.165) is 5.56 Å². The van der Waals surface area contributed by atoms with E-state index in [2.05, 4.69) is 15.6 Å². The van der Waals surface area contributed by atoms with Gasteiger partial charge in [-0.2, -0.15) is 0 Å². The molecule has 6 heteroatoms. The Balaban J connectivity index is 1.66. The van der Waals surface area contributed by atoms with Gasteiger partial charge in [0.1, 0.15) is 5.69 Å².